The van der Waals surface area contributed by atoms with Crippen molar-refractivity contribution < 1.29 is 19.0 Å². The number of fused-ring (bicyclic) bond motifs is 1. The van der Waals surface area contributed by atoms with Crippen molar-refractivity contribution in [2.24, 2.45) is 0 Å². The average Bonchev–Trinajstić information content (AvgIpc) is 3.22. The molecule has 1 aromatic heterocycles. The zero-order valence-corrected chi connectivity index (χ0v) is 16.4. The van der Waals surface area contributed by atoms with Gasteiger partial charge in [0.1, 0.15) is 24.7 Å². The Hall–Kier alpha value is -3.99. The minimum atomic E-state index is -0.326. The summed E-state index contributed by atoms with van der Waals surface area (Å²) < 4.78 is 18.2. The van der Waals surface area contributed by atoms with Crippen molar-refractivity contribution in [1.29, 1.82) is 5.26 Å². The molecule has 30 heavy (non-hydrogen) atoms. The smallest absolute Gasteiger partial charge is 0.259 e. The lowest BCUT2D eigenvalue weighted by Crippen LogP contribution is -2.15. The molecule has 0 saturated heterocycles. The van der Waals surface area contributed by atoms with Gasteiger partial charge in [-0.15, -0.1) is 0 Å². The first-order chi connectivity index (χ1) is 14.7. The Morgan fingerprint density at radius 1 is 1.23 bits per heavy atom. The van der Waals surface area contributed by atoms with Crippen molar-refractivity contribution in [3.8, 4) is 34.6 Å². The molecule has 1 aliphatic rings. The monoisotopic (exact) mass is 404 g/mol. The van der Waals surface area contributed by atoms with E-state index in [1.165, 1.54) is 0 Å². The number of hydrogen-bond acceptors (Lipinski definition) is 6. The van der Waals surface area contributed by atoms with Gasteiger partial charge in [-0.05, 0) is 30.3 Å². The number of amides is 1. The molecule has 0 bridgehead atoms. The van der Waals surface area contributed by atoms with E-state index >= 15 is 0 Å². The van der Waals surface area contributed by atoms with Crippen LogP contribution in [0.15, 0.2) is 48.7 Å². The Bertz CT molecular complexity index is 1120. The summed E-state index contributed by atoms with van der Waals surface area (Å²) in [6.07, 6.45) is 1.93. The number of nitrogens with zero attached hydrogens (tertiary/aromatic N) is 3. The van der Waals surface area contributed by atoms with E-state index in [2.05, 4.69) is 16.5 Å². The summed E-state index contributed by atoms with van der Waals surface area (Å²) in [5, 5.41) is 16.3. The summed E-state index contributed by atoms with van der Waals surface area (Å²) in [6, 6.07) is 14.7. The highest BCUT2D eigenvalue weighted by Gasteiger charge is 2.21. The normalized spacial score (nSPS) is 12.1. The van der Waals surface area contributed by atoms with Crippen LogP contribution in [0.1, 0.15) is 16.8 Å². The molecule has 1 N–H and O–H groups in total. The third-order valence-electron chi connectivity index (χ3n) is 4.63. The predicted octanol–water partition coefficient (Wildman–Crippen LogP) is 3.50. The zero-order chi connectivity index (χ0) is 20.9. The maximum Gasteiger partial charge on any atom is 0.259 e. The Morgan fingerprint density at radius 3 is 2.83 bits per heavy atom. The average molecular weight is 404 g/mol. The Labute approximate surface area is 173 Å². The van der Waals surface area contributed by atoms with Crippen molar-refractivity contribution in [3.63, 3.8) is 0 Å². The number of aromatic nitrogens is 2. The lowest BCUT2D eigenvalue weighted by molar-refractivity contribution is 0.102. The van der Waals surface area contributed by atoms with Gasteiger partial charge in [0.15, 0.2) is 11.5 Å². The topological polar surface area (TPSA) is 98.4 Å². The largest absolute Gasteiger partial charge is 0.495 e. The van der Waals surface area contributed by atoms with Crippen LogP contribution in [-0.2, 0) is 6.54 Å². The molecule has 1 amide bonds. The number of methoxy groups -OCH3 is 1. The van der Waals surface area contributed by atoms with E-state index in [0.29, 0.717) is 54.0 Å². The molecule has 8 heteroatoms. The van der Waals surface area contributed by atoms with Gasteiger partial charge in [-0.2, -0.15) is 10.4 Å². The number of carbonyl (C=O) groups excluding carboxylic acids is 1. The second-order valence-corrected chi connectivity index (χ2v) is 6.58. The molecular formula is C22H20N4O4. The van der Waals surface area contributed by atoms with Gasteiger partial charge in [0.25, 0.3) is 5.91 Å². The third kappa shape index (κ3) is 3.91. The molecular weight excluding hydrogens is 384 g/mol. The van der Waals surface area contributed by atoms with E-state index in [1.54, 1.807) is 36.2 Å². The molecule has 0 radical (unpaired) electrons. The maximum atomic E-state index is 13.1. The summed E-state index contributed by atoms with van der Waals surface area (Å²) in [5.41, 5.74) is 2.16. The van der Waals surface area contributed by atoms with Crippen molar-refractivity contribution in [2.45, 2.75) is 13.0 Å². The van der Waals surface area contributed by atoms with Crippen LogP contribution < -0.4 is 19.5 Å². The van der Waals surface area contributed by atoms with Gasteiger partial charge in [-0.25, -0.2) is 0 Å². The summed E-state index contributed by atoms with van der Waals surface area (Å²) in [6.45, 7) is 1.35. The molecule has 0 spiro atoms. The molecule has 0 saturated carbocycles. The van der Waals surface area contributed by atoms with E-state index < -0.39 is 0 Å². The number of carbonyl (C=O) groups is 1. The van der Waals surface area contributed by atoms with Crippen molar-refractivity contribution in [3.05, 3.63) is 54.2 Å². The molecule has 2 aromatic carbocycles. The van der Waals surface area contributed by atoms with E-state index in [-0.39, 0.29) is 12.3 Å². The van der Waals surface area contributed by atoms with E-state index in [0.717, 1.165) is 5.56 Å². The second kappa shape index (κ2) is 8.57. The Kier molecular flexibility index (Phi) is 5.52. The highest BCUT2D eigenvalue weighted by molar-refractivity contribution is 6.08. The molecule has 4 rings (SSSR count). The predicted molar refractivity (Wildman–Crippen MR) is 110 cm³/mol. The number of nitrogens with one attached hydrogen (secondary N) is 1. The summed E-state index contributed by atoms with van der Waals surface area (Å²) in [7, 11) is 1.55. The molecule has 1 aliphatic heterocycles. The van der Waals surface area contributed by atoms with E-state index in [1.807, 2.05) is 24.3 Å². The van der Waals surface area contributed by atoms with Gasteiger partial charge in [0.2, 0.25) is 0 Å². The van der Waals surface area contributed by atoms with Crippen LogP contribution in [0, 0.1) is 11.3 Å². The lowest BCUT2D eigenvalue weighted by Gasteiger charge is -2.18. The fourth-order valence-electron chi connectivity index (χ4n) is 3.21. The van der Waals surface area contributed by atoms with Crippen molar-refractivity contribution in [1.82, 2.24) is 9.78 Å². The van der Waals surface area contributed by atoms with Crippen LogP contribution in [0.5, 0.6) is 17.2 Å². The van der Waals surface area contributed by atoms with Gasteiger partial charge in [-0.3, -0.25) is 9.48 Å². The molecule has 0 fully saturated rings. The highest BCUT2D eigenvalue weighted by Crippen LogP contribution is 2.35. The third-order valence-corrected chi connectivity index (χ3v) is 4.63. The SMILES string of the molecule is COc1ccccc1NC(=O)c1cn(CCC#N)nc1-c1ccc2c(c1)OCCO2. The highest BCUT2D eigenvalue weighted by atomic mass is 16.6. The molecule has 8 nitrogen and oxygen atoms in total. The van der Waals surface area contributed by atoms with E-state index in [9.17, 15) is 4.79 Å². The number of aryl methyl sites for hydroxylation is 1. The molecule has 0 aliphatic carbocycles. The number of hydrogen-bond donors (Lipinski definition) is 1. The van der Waals surface area contributed by atoms with Crippen LogP contribution in [0.3, 0.4) is 0 Å². The van der Waals surface area contributed by atoms with Crippen molar-refractivity contribution in [2.75, 3.05) is 25.6 Å². The first-order valence-electron chi connectivity index (χ1n) is 9.48. The van der Waals surface area contributed by atoms with Gasteiger partial charge in [-0.1, -0.05) is 12.1 Å². The van der Waals surface area contributed by atoms with Crippen LogP contribution in [0.2, 0.25) is 0 Å². The van der Waals surface area contributed by atoms with Crippen molar-refractivity contribution >= 4 is 11.6 Å². The molecule has 2 heterocycles. The van der Waals surface area contributed by atoms with Gasteiger partial charge >= 0.3 is 0 Å². The van der Waals surface area contributed by atoms with Crippen LogP contribution in [0.4, 0.5) is 5.69 Å². The quantitative estimate of drug-likeness (QED) is 0.675. The molecule has 152 valence electrons. The van der Waals surface area contributed by atoms with Crippen LogP contribution >= 0.6 is 0 Å². The fraction of sp³-hybridized carbons (Fsp3) is 0.227. The first-order valence-corrected chi connectivity index (χ1v) is 9.48. The van der Waals surface area contributed by atoms with Crippen LogP contribution in [-0.4, -0.2) is 36.0 Å². The number of anilines is 1. The standard InChI is InChI=1S/C22H20N4O4/c1-28-18-6-3-2-5-17(18)24-22(27)16-14-26(10-4-9-23)25-21(16)15-7-8-19-20(13-15)30-12-11-29-19/h2-3,5-8,13-14H,4,10-12H2,1H3,(H,24,27). The molecule has 0 unspecified atom stereocenters. The summed E-state index contributed by atoms with van der Waals surface area (Å²) in [4.78, 5) is 13.1. The Balaban J connectivity index is 1.70. The van der Waals surface area contributed by atoms with Gasteiger partial charge < -0.3 is 19.5 Å². The number of nitriles is 1. The first kappa shape index (κ1) is 19.3. The minimum Gasteiger partial charge on any atom is -0.495 e. The van der Waals surface area contributed by atoms with Gasteiger partial charge in [0.05, 0.1) is 37.4 Å². The fourth-order valence-corrected chi connectivity index (χ4v) is 3.21. The maximum absolute atomic E-state index is 13.1. The zero-order valence-electron chi connectivity index (χ0n) is 16.4. The van der Waals surface area contributed by atoms with E-state index in [4.69, 9.17) is 19.5 Å². The minimum absolute atomic E-state index is 0.288. The Morgan fingerprint density at radius 2 is 2.03 bits per heavy atom. The summed E-state index contributed by atoms with van der Waals surface area (Å²) in [5.74, 6) is 1.51. The molecule has 3 aromatic rings. The lowest BCUT2D eigenvalue weighted by atomic mass is 10.1. The summed E-state index contributed by atoms with van der Waals surface area (Å²) >= 11 is 0. The second-order valence-electron chi connectivity index (χ2n) is 6.58. The number of rotatable bonds is 6. The van der Waals surface area contributed by atoms with Gasteiger partial charge in [0, 0.05) is 11.8 Å². The number of benzene rings is 2. The number of ether oxygens (including phenoxy) is 3. The molecule has 0 atom stereocenters. The number of para-hydroxylation sites is 2. The van der Waals surface area contributed by atoms with Crippen LogP contribution in [0.25, 0.3) is 11.3 Å².